The SMILES string of the molecule is Cl.Cn1cc([C@@H]2CCCN2)c2ccccc21. The molecule has 0 unspecified atom stereocenters. The first-order chi connectivity index (χ1) is 7.36. The third-order valence-electron chi connectivity index (χ3n) is 3.36. The minimum atomic E-state index is 0. The van der Waals surface area contributed by atoms with Crippen molar-refractivity contribution < 1.29 is 0 Å². The molecule has 16 heavy (non-hydrogen) atoms. The first kappa shape index (κ1) is 11.5. The summed E-state index contributed by atoms with van der Waals surface area (Å²) in [6.07, 6.45) is 4.84. The van der Waals surface area contributed by atoms with Gasteiger partial charge in [-0.15, -0.1) is 12.4 Å². The van der Waals surface area contributed by atoms with Crippen molar-refractivity contribution in [1.29, 1.82) is 0 Å². The molecule has 0 amide bonds. The molecule has 2 aromatic rings. The number of hydrogen-bond acceptors (Lipinski definition) is 1. The van der Waals surface area contributed by atoms with E-state index in [1.165, 1.54) is 29.3 Å². The third-order valence-corrected chi connectivity index (χ3v) is 3.36. The van der Waals surface area contributed by atoms with Crippen LogP contribution in [0.3, 0.4) is 0 Å². The Hall–Kier alpha value is -0.990. The van der Waals surface area contributed by atoms with Crippen LogP contribution in [0.5, 0.6) is 0 Å². The predicted molar refractivity (Wildman–Crippen MR) is 70.1 cm³/mol. The number of fused-ring (bicyclic) bond motifs is 1. The molecular weight excluding hydrogens is 220 g/mol. The summed E-state index contributed by atoms with van der Waals surface area (Å²) in [5.74, 6) is 0. The smallest absolute Gasteiger partial charge is 0.0481 e. The minimum absolute atomic E-state index is 0. The van der Waals surface area contributed by atoms with Gasteiger partial charge in [0.25, 0.3) is 0 Å². The highest BCUT2D eigenvalue weighted by atomic mass is 35.5. The number of benzene rings is 1. The number of aryl methyl sites for hydroxylation is 1. The Kier molecular flexibility index (Phi) is 3.22. The van der Waals surface area contributed by atoms with Gasteiger partial charge in [-0.2, -0.15) is 0 Å². The van der Waals surface area contributed by atoms with E-state index in [4.69, 9.17) is 0 Å². The van der Waals surface area contributed by atoms with E-state index in [1.807, 2.05) is 0 Å². The summed E-state index contributed by atoms with van der Waals surface area (Å²) in [7, 11) is 2.13. The van der Waals surface area contributed by atoms with Crippen LogP contribution in [0.4, 0.5) is 0 Å². The molecule has 3 heteroatoms. The fourth-order valence-electron chi connectivity index (χ4n) is 2.60. The quantitative estimate of drug-likeness (QED) is 0.806. The van der Waals surface area contributed by atoms with Crippen LogP contribution < -0.4 is 5.32 Å². The molecule has 1 aliphatic rings. The van der Waals surface area contributed by atoms with E-state index in [-0.39, 0.29) is 12.4 Å². The highest BCUT2D eigenvalue weighted by molar-refractivity contribution is 5.85. The van der Waals surface area contributed by atoms with Gasteiger partial charge in [-0.3, -0.25) is 0 Å². The van der Waals surface area contributed by atoms with Crippen molar-refractivity contribution in [2.45, 2.75) is 18.9 Å². The molecule has 1 fully saturated rings. The van der Waals surface area contributed by atoms with Crippen molar-refractivity contribution in [3.05, 3.63) is 36.0 Å². The van der Waals surface area contributed by atoms with Crippen molar-refractivity contribution in [2.24, 2.45) is 7.05 Å². The summed E-state index contributed by atoms with van der Waals surface area (Å²) in [6.45, 7) is 1.16. The summed E-state index contributed by atoms with van der Waals surface area (Å²) in [4.78, 5) is 0. The maximum Gasteiger partial charge on any atom is 0.0481 e. The maximum atomic E-state index is 3.57. The average molecular weight is 237 g/mol. The number of nitrogens with zero attached hydrogens (tertiary/aromatic N) is 1. The topological polar surface area (TPSA) is 17.0 Å². The van der Waals surface area contributed by atoms with Crippen LogP contribution in [0.2, 0.25) is 0 Å². The van der Waals surface area contributed by atoms with Crippen LogP contribution in [-0.4, -0.2) is 11.1 Å². The van der Waals surface area contributed by atoms with Gasteiger partial charge >= 0.3 is 0 Å². The molecule has 1 saturated heterocycles. The van der Waals surface area contributed by atoms with Gasteiger partial charge in [0.1, 0.15) is 0 Å². The van der Waals surface area contributed by atoms with E-state index >= 15 is 0 Å². The van der Waals surface area contributed by atoms with Gasteiger partial charge in [-0.05, 0) is 31.0 Å². The Bertz CT molecular complexity index is 484. The molecule has 2 nitrogen and oxygen atoms in total. The van der Waals surface area contributed by atoms with E-state index in [0.29, 0.717) is 6.04 Å². The lowest BCUT2D eigenvalue weighted by Crippen LogP contribution is -2.12. The van der Waals surface area contributed by atoms with Crippen molar-refractivity contribution in [3.63, 3.8) is 0 Å². The standard InChI is InChI=1S/C13H16N2.ClH/c1-15-9-11(12-6-4-8-14-12)10-5-2-3-7-13(10)15;/h2-3,5,7,9,12,14H,4,6,8H2,1H3;1H/t12-;/m0./s1. The zero-order valence-corrected chi connectivity index (χ0v) is 10.3. The zero-order valence-electron chi connectivity index (χ0n) is 9.44. The first-order valence-corrected chi connectivity index (χ1v) is 5.63. The molecular formula is C13H17ClN2. The zero-order chi connectivity index (χ0) is 10.3. The van der Waals surface area contributed by atoms with Crippen LogP contribution in [0.15, 0.2) is 30.5 Å². The molecule has 0 aliphatic carbocycles. The summed E-state index contributed by atoms with van der Waals surface area (Å²) in [5.41, 5.74) is 2.80. The van der Waals surface area contributed by atoms with Gasteiger partial charge in [-0.1, -0.05) is 18.2 Å². The Labute approximate surface area is 102 Å². The van der Waals surface area contributed by atoms with Crippen LogP contribution in [0.25, 0.3) is 10.9 Å². The Morgan fingerprint density at radius 1 is 1.31 bits per heavy atom. The third kappa shape index (κ3) is 1.72. The molecule has 1 aromatic heterocycles. The minimum Gasteiger partial charge on any atom is -0.350 e. The molecule has 1 N–H and O–H groups in total. The molecule has 0 radical (unpaired) electrons. The number of hydrogen-bond donors (Lipinski definition) is 1. The van der Waals surface area contributed by atoms with Crippen LogP contribution in [0, 0.1) is 0 Å². The highest BCUT2D eigenvalue weighted by Crippen LogP contribution is 2.30. The summed E-state index contributed by atoms with van der Waals surface area (Å²) in [5, 5.41) is 4.97. The van der Waals surface area contributed by atoms with Crippen LogP contribution >= 0.6 is 12.4 Å². The lowest BCUT2D eigenvalue weighted by atomic mass is 10.0. The molecule has 1 atom stereocenters. The van der Waals surface area contributed by atoms with E-state index in [1.54, 1.807) is 0 Å². The van der Waals surface area contributed by atoms with Crippen molar-refractivity contribution in [1.82, 2.24) is 9.88 Å². The highest BCUT2D eigenvalue weighted by Gasteiger charge is 2.19. The molecule has 1 aliphatic heterocycles. The maximum absolute atomic E-state index is 3.57. The van der Waals surface area contributed by atoms with Gasteiger partial charge < -0.3 is 9.88 Å². The summed E-state index contributed by atoms with van der Waals surface area (Å²) < 4.78 is 2.23. The Morgan fingerprint density at radius 2 is 2.12 bits per heavy atom. The molecule has 1 aromatic carbocycles. The van der Waals surface area contributed by atoms with E-state index in [0.717, 1.165) is 6.54 Å². The van der Waals surface area contributed by atoms with Gasteiger partial charge in [0.05, 0.1) is 0 Å². The molecule has 3 rings (SSSR count). The number of para-hydroxylation sites is 1. The van der Waals surface area contributed by atoms with Gasteiger partial charge in [0.15, 0.2) is 0 Å². The second-order valence-corrected chi connectivity index (χ2v) is 4.36. The molecule has 0 spiro atoms. The fourth-order valence-corrected chi connectivity index (χ4v) is 2.60. The molecule has 86 valence electrons. The van der Waals surface area contributed by atoms with Gasteiger partial charge in [0, 0.05) is 30.2 Å². The summed E-state index contributed by atoms with van der Waals surface area (Å²) >= 11 is 0. The average Bonchev–Trinajstić information content (AvgIpc) is 2.87. The second-order valence-electron chi connectivity index (χ2n) is 4.36. The van der Waals surface area contributed by atoms with E-state index in [9.17, 15) is 0 Å². The molecule has 0 bridgehead atoms. The number of rotatable bonds is 1. The van der Waals surface area contributed by atoms with Crippen LogP contribution in [-0.2, 0) is 7.05 Å². The summed E-state index contributed by atoms with van der Waals surface area (Å²) in [6, 6.07) is 9.21. The molecule has 0 saturated carbocycles. The van der Waals surface area contributed by atoms with Gasteiger partial charge in [-0.25, -0.2) is 0 Å². The lowest BCUT2D eigenvalue weighted by Gasteiger charge is -2.08. The predicted octanol–water partition coefficient (Wildman–Crippen LogP) is 3.02. The first-order valence-electron chi connectivity index (χ1n) is 5.63. The largest absolute Gasteiger partial charge is 0.350 e. The number of halogens is 1. The van der Waals surface area contributed by atoms with Crippen molar-refractivity contribution in [3.8, 4) is 0 Å². The van der Waals surface area contributed by atoms with E-state index in [2.05, 4.69) is 47.4 Å². The monoisotopic (exact) mass is 236 g/mol. The van der Waals surface area contributed by atoms with Gasteiger partial charge in [0.2, 0.25) is 0 Å². The van der Waals surface area contributed by atoms with Crippen molar-refractivity contribution in [2.75, 3.05) is 6.54 Å². The van der Waals surface area contributed by atoms with Crippen LogP contribution in [0.1, 0.15) is 24.4 Å². The lowest BCUT2D eigenvalue weighted by molar-refractivity contribution is 0.650. The Balaban J connectivity index is 0.000000963. The number of aromatic nitrogens is 1. The fraction of sp³-hybridized carbons (Fsp3) is 0.385. The number of nitrogens with one attached hydrogen (secondary N) is 1. The second kappa shape index (κ2) is 4.48. The normalized spacial score (nSPS) is 19.9. The van der Waals surface area contributed by atoms with E-state index < -0.39 is 0 Å². The van der Waals surface area contributed by atoms with Crippen molar-refractivity contribution >= 4 is 23.3 Å². The molecule has 2 heterocycles. The Morgan fingerprint density at radius 3 is 2.88 bits per heavy atom.